The van der Waals surface area contributed by atoms with Gasteiger partial charge in [0.1, 0.15) is 0 Å². The second kappa shape index (κ2) is 3.35. The highest BCUT2D eigenvalue weighted by atomic mass is 19.3. The van der Waals surface area contributed by atoms with Gasteiger partial charge in [0, 0.05) is 0 Å². The molecule has 0 spiro atoms. The first-order valence-corrected chi connectivity index (χ1v) is 1.89. The Morgan fingerprint density at radius 2 is 2.00 bits per heavy atom. The number of allylic oxidation sites excluding steroid dienone is 1. The summed E-state index contributed by atoms with van der Waals surface area (Å²) in [6, 6.07) is 0. The van der Waals surface area contributed by atoms with E-state index in [2.05, 4.69) is 4.74 Å². The number of alkyl halides is 1. The summed E-state index contributed by atoms with van der Waals surface area (Å²) in [7, 11) is 0. The minimum Gasteiger partial charge on any atom is -0.462 e. The number of halogens is 3. The molecule has 0 saturated heterocycles. The first kappa shape index (κ1) is 7.33. The highest BCUT2D eigenvalue weighted by Gasteiger charge is 1.97. The third-order valence-corrected chi connectivity index (χ3v) is 0.537. The lowest BCUT2D eigenvalue weighted by Crippen LogP contribution is -1.85. The van der Waals surface area contributed by atoms with Crippen molar-refractivity contribution in [3.8, 4) is 0 Å². The van der Waals surface area contributed by atoms with Gasteiger partial charge in [-0.2, -0.15) is 8.78 Å². The molecule has 0 aromatic heterocycles. The average molecular weight is 126 g/mol. The molecule has 0 unspecified atom stereocenters. The molecule has 0 aliphatic heterocycles. The van der Waals surface area contributed by atoms with Crippen LogP contribution in [0, 0.1) is 0 Å². The zero-order valence-electron chi connectivity index (χ0n) is 4.25. The predicted molar refractivity (Wildman–Crippen MR) is 22.0 cm³/mol. The lowest BCUT2D eigenvalue weighted by Gasteiger charge is -1.95. The summed E-state index contributed by atoms with van der Waals surface area (Å²) in [5.41, 5.74) is 0. The van der Waals surface area contributed by atoms with Crippen molar-refractivity contribution >= 4 is 0 Å². The number of hydrogen-bond acceptors (Lipinski definition) is 1. The van der Waals surface area contributed by atoms with Gasteiger partial charge in [-0.3, -0.25) is 0 Å². The average Bonchev–Trinajstić information content (AvgIpc) is 1.67. The van der Waals surface area contributed by atoms with Crippen molar-refractivity contribution in [3.05, 3.63) is 11.8 Å². The van der Waals surface area contributed by atoms with Crippen LogP contribution >= 0.6 is 0 Å². The first-order chi connectivity index (χ1) is 3.68. The topological polar surface area (TPSA) is 9.23 Å². The molecule has 0 bridgehead atoms. The summed E-state index contributed by atoms with van der Waals surface area (Å²) < 4.78 is 37.2. The van der Waals surface area contributed by atoms with Gasteiger partial charge >= 0.3 is 6.08 Å². The van der Waals surface area contributed by atoms with E-state index < -0.39 is 18.7 Å². The lowest BCUT2D eigenvalue weighted by molar-refractivity contribution is 0.103. The van der Waals surface area contributed by atoms with Crippen LogP contribution < -0.4 is 0 Å². The quantitative estimate of drug-likeness (QED) is 0.514. The monoisotopic (exact) mass is 126 g/mol. The zero-order valence-corrected chi connectivity index (χ0v) is 4.25. The lowest BCUT2D eigenvalue weighted by atomic mass is 10.6. The second-order valence-corrected chi connectivity index (χ2v) is 1.07. The van der Waals surface area contributed by atoms with Crippen molar-refractivity contribution in [2.45, 2.75) is 6.92 Å². The largest absolute Gasteiger partial charge is 0.462 e. The molecule has 48 valence electrons. The number of ether oxygens (including phenoxy) is 1. The number of rotatable bonds is 2. The molecule has 0 saturated carbocycles. The van der Waals surface area contributed by atoms with Crippen molar-refractivity contribution in [2.24, 2.45) is 0 Å². The molecule has 0 heterocycles. The van der Waals surface area contributed by atoms with Crippen LogP contribution in [0.5, 0.6) is 0 Å². The van der Waals surface area contributed by atoms with E-state index in [1.807, 2.05) is 0 Å². The molecule has 0 rings (SSSR count). The van der Waals surface area contributed by atoms with Crippen molar-refractivity contribution in [1.82, 2.24) is 0 Å². The summed E-state index contributed by atoms with van der Waals surface area (Å²) in [5.74, 6) is -0.660. The third-order valence-electron chi connectivity index (χ3n) is 0.537. The minimum atomic E-state index is -1.98. The fourth-order valence-corrected chi connectivity index (χ4v) is 0.136. The fourth-order valence-electron chi connectivity index (χ4n) is 0.136. The maximum absolute atomic E-state index is 11.2. The highest BCUT2D eigenvalue weighted by Crippen LogP contribution is 2.06. The van der Waals surface area contributed by atoms with E-state index in [4.69, 9.17) is 0 Å². The normalized spacial score (nSPS) is 8.50. The Bertz CT molecular complexity index is 95.5. The molecule has 0 N–H and O–H groups in total. The van der Waals surface area contributed by atoms with Gasteiger partial charge < -0.3 is 4.74 Å². The van der Waals surface area contributed by atoms with E-state index in [0.717, 1.165) is 6.92 Å². The standard InChI is InChI=1S/C4H5F3O/c1-3(4(6)7)8-2-5/h2H2,1H3. The van der Waals surface area contributed by atoms with Crippen molar-refractivity contribution in [1.29, 1.82) is 0 Å². The Morgan fingerprint density at radius 1 is 1.50 bits per heavy atom. The molecule has 8 heavy (non-hydrogen) atoms. The molecule has 0 radical (unpaired) electrons. The van der Waals surface area contributed by atoms with E-state index in [0.29, 0.717) is 0 Å². The van der Waals surface area contributed by atoms with Gasteiger partial charge in [-0.05, 0) is 6.92 Å². The molecule has 0 aliphatic carbocycles. The maximum Gasteiger partial charge on any atom is 0.307 e. The molecule has 1 nitrogen and oxygen atoms in total. The molecular weight excluding hydrogens is 121 g/mol. The zero-order chi connectivity index (χ0) is 6.57. The van der Waals surface area contributed by atoms with Crippen molar-refractivity contribution in [2.75, 3.05) is 6.86 Å². The Labute approximate surface area is 44.8 Å². The summed E-state index contributed by atoms with van der Waals surface area (Å²) in [4.78, 5) is 0. The Hall–Kier alpha value is -0.670. The van der Waals surface area contributed by atoms with Crippen LogP contribution in [0.2, 0.25) is 0 Å². The van der Waals surface area contributed by atoms with Crippen molar-refractivity contribution < 1.29 is 17.9 Å². The van der Waals surface area contributed by atoms with Gasteiger partial charge in [0.05, 0.1) is 0 Å². The molecule has 0 aliphatic rings. The molecule has 0 aromatic carbocycles. The number of hydrogen-bond donors (Lipinski definition) is 0. The van der Waals surface area contributed by atoms with E-state index in [1.165, 1.54) is 0 Å². The molecular formula is C4H5F3O. The van der Waals surface area contributed by atoms with Gasteiger partial charge in [-0.1, -0.05) is 0 Å². The highest BCUT2D eigenvalue weighted by molar-refractivity contribution is 4.86. The van der Waals surface area contributed by atoms with Gasteiger partial charge in [-0.25, -0.2) is 4.39 Å². The van der Waals surface area contributed by atoms with Crippen molar-refractivity contribution in [3.63, 3.8) is 0 Å². The van der Waals surface area contributed by atoms with Crippen LogP contribution in [0.1, 0.15) is 6.92 Å². The van der Waals surface area contributed by atoms with Crippen LogP contribution in [0.3, 0.4) is 0 Å². The molecule has 4 heteroatoms. The maximum atomic E-state index is 11.2. The smallest absolute Gasteiger partial charge is 0.307 e. The predicted octanol–water partition coefficient (Wildman–Crippen LogP) is 2.06. The Balaban J connectivity index is 3.62. The van der Waals surface area contributed by atoms with E-state index in [1.54, 1.807) is 0 Å². The Morgan fingerprint density at radius 3 is 2.12 bits per heavy atom. The molecule has 0 amide bonds. The van der Waals surface area contributed by atoms with E-state index in [9.17, 15) is 13.2 Å². The molecule has 0 atom stereocenters. The van der Waals surface area contributed by atoms with Gasteiger partial charge in [-0.15, -0.1) is 0 Å². The van der Waals surface area contributed by atoms with E-state index >= 15 is 0 Å². The van der Waals surface area contributed by atoms with E-state index in [-0.39, 0.29) is 0 Å². The van der Waals surface area contributed by atoms with Crippen LogP contribution in [0.15, 0.2) is 11.8 Å². The van der Waals surface area contributed by atoms with Crippen LogP contribution in [-0.4, -0.2) is 6.86 Å². The summed E-state index contributed by atoms with van der Waals surface area (Å²) >= 11 is 0. The van der Waals surface area contributed by atoms with Gasteiger partial charge in [0.2, 0.25) is 6.86 Å². The van der Waals surface area contributed by atoms with Crippen LogP contribution in [0.25, 0.3) is 0 Å². The van der Waals surface area contributed by atoms with Gasteiger partial charge in [0.25, 0.3) is 0 Å². The SMILES string of the molecule is CC(OCF)=C(F)F. The molecule has 0 aromatic rings. The molecule has 0 fully saturated rings. The summed E-state index contributed by atoms with van der Waals surface area (Å²) in [6.45, 7) is -0.210. The third kappa shape index (κ3) is 2.49. The minimum absolute atomic E-state index is 0.660. The van der Waals surface area contributed by atoms with Crippen LogP contribution in [0.4, 0.5) is 13.2 Å². The van der Waals surface area contributed by atoms with Gasteiger partial charge in [0.15, 0.2) is 5.76 Å². The summed E-state index contributed by atoms with van der Waals surface area (Å²) in [5, 5.41) is 0. The first-order valence-electron chi connectivity index (χ1n) is 1.89. The fraction of sp³-hybridized carbons (Fsp3) is 0.500. The van der Waals surface area contributed by atoms with Crippen LogP contribution in [-0.2, 0) is 4.74 Å². The Kier molecular flexibility index (Phi) is 3.07. The summed E-state index contributed by atoms with van der Waals surface area (Å²) in [6.07, 6.45) is -1.98. The second-order valence-electron chi connectivity index (χ2n) is 1.07.